The molecule has 1 aromatic rings. The predicted octanol–water partition coefficient (Wildman–Crippen LogP) is 2.76. The Labute approximate surface area is 139 Å². The summed E-state index contributed by atoms with van der Waals surface area (Å²) in [6.45, 7) is 6.52. The van der Waals surface area contributed by atoms with Crippen molar-refractivity contribution in [3.05, 3.63) is 46.2 Å². The minimum absolute atomic E-state index is 0.188. The zero-order valence-electron chi connectivity index (χ0n) is 13.8. The largest absolute Gasteiger partial charge is 0.460 e. The molecule has 8 nitrogen and oxygen atoms in total. The lowest BCUT2D eigenvalue weighted by Crippen LogP contribution is -2.20. The minimum Gasteiger partial charge on any atom is -0.460 e. The summed E-state index contributed by atoms with van der Waals surface area (Å²) in [6, 6.07) is 5.48. The Hall–Kier alpha value is -2.90. The molecule has 0 aromatic heterocycles. The van der Waals surface area contributed by atoms with Crippen molar-refractivity contribution < 1.29 is 28.7 Å². The first kappa shape index (κ1) is 19.1. The lowest BCUT2D eigenvalue weighted by Gasteiger charge is -2.12. The summed E-state index contributed by atoms with van der Waals surface area (Å²) >= 11 is 0. The SMILES string of the molecule is CC(C)OC(=O)/C=C(/Oc1ccccc1[N+](=O)[O-])C(=O)OC(C)C. The molecule has 24 heavy (non-hydrogen) atoms. The van der Waals surface area contributed by atoms with Crippen molar-refractivity contribution >= 4 is 17.6 Å². The normalized spacial score (nSPS) is 11.3. The molecule has 0 aliphatic heterocycles. The highest BCUT2D eigenvalue weighted by molar-refractivity contribution is 5.95. The number of benzene rings is 1. The van der Waals surface area contributed by atoms with Crippen molar-refractivity contribution in [2.24, 2.45) is 0 Å². The summed E-state index contributed by atoms with van der Waals surface area (Å²) in [4.78, 5) is 34.2. The summed E-state index contributed by atoms with van der Waals surface area (Å²) in [7, 11) is 0. The third kappa shape index (κ3) is 6.07. The van der Waals surface area contributed by atoms with Crippen molar-refractivity contribution in [1.82, 2.24) is 0 Å². The number of nitro groups is 1. The Bertz CT molecular complexity index is 650. The zero-order valence-corrected chi connectivity index (χ0v) is 13.8. The molecular formula is C16H19NO7. The summed E-state index contributed by atoms with van der Waals surface area (Å²) in [5.41, 5.74) is -0.349. The fourth-order valence-corrected chi connectivity index (χ4v) is 1.59. The number of hydrogen-bond donors (Lipinski definition) is 0. The number of carbonyl (C=O) groups is 2. The van der Waals surface area contributed by atoms with E-state index >= 15 is 0 Å². The third-order valence-electron chi connectivity index (χ3n) is 2.43. The first-order valence-electron chi connectivity index (χ1n) is 7.25. The van der Waals surface area contributed by atoms with E-state index in [1.54, 1.807) is 27.7 Å². The Kier molecular flexibility index (Phi) is 6.91. The standard InChI is InChI=1S/C16H19NO7/c1-10(2)22-15(18)9-14(16(19)23-11(3)4)24-13-8-6-5-7-12(13)17(20)21/h5-11H,1-4H3/b14-9+. The van der Waals surface area contributed by atoms with Gasteiger partial charge in [-0.05, 0) is 33.8 Å². The topological polar surface area (TPSA) is 105 Å². The molecule has 0 fully saturated rings. The second-order valence-electron chi connectivity index (χ2n) is 5.28. The van der Waals surface area contributed by atoms with E-state index < -0.39 is 34.8 Å². The molecule has 0 N–H and O–H groups in total. The van der Waals surface area contributed by atoms with Gasteiger partial charge in [-0.2, -0.15) is 0 Å². The number of para-hydroxylation sites is 2. The predicted molar refractivity (Wildman–Crippen MR) is 84.3 cm³/mol. The average molecular weight is 337 g/mol. The molecule has 1 rings (SSSR count). The van der Waals surface area contributed by atoms with Crippen molar-refractivity contribution in [2.45, 2.75) is 39.9 Å². The van der Waals surface area contributed by atoms with Gasteiger partial charge in [-0.15, -0.1) is 0 Å². The highest BCUT2D eigenvalue weighted by Crippen LogP contribution is 2.28. The molecular weight excluding hydrogens is 318 g/mol. The molecule has 8 heteroatoms. The number of hydrogen-bond acceptors (Lipinski definition) is 7. The second-order valence-corrected chi connectivity index (χ2v) is 5.28. The van der Waals surface area contributed by atoms with Crippen LogP contribution in [0.5, 0.6) is 5.75 Å². The second kappa shape index (κ2) is 8.66. The average Bonchev–Trinajstić information content (AvgIpc) is 2.45. The zero-order chi connectivity index (χ0) is 18.3. The van der Waals surface area contributed by atoms with Crippen LogP contribution >= 0.6 is 0 Å². The minimum atomic E-state index is -0.927. The van der Waals surface area contributed by atoms with Gasteiger partial charge in [0.15, 0.2) is 0 Å². The van der Waals surface area contributed by atoms with Gasteiger partial charge < -0.3 is 14.2 Å². The molecule has 0 saturated carbocycles. The monoisotopic (exact) mass is 337 g/mol. The number of esters is 2. The molecule has 0 radical (unpaired) electrons. The molecule has 0 unspecified atom stereocenters. The Morgan fingerprint density at radius 1 is 1.08 bits per heavy atom. The van der Waals surface area contributed by atoms with Crippen LogP contribution in [0.3, 0.4) is 0 Å². The molecule has 130 valence electrons. The molecule has 1 aromatic carbocycles. The Morgan fingerprint density at radius 3 is 2.21 bits per heavy atom. The van der Waals surface area contributed by atoms with Crippen LogP contribution in [0.2, 0.25) is 0 Å². The van der Waals surface area contributed by atoms with Gasteiger partial charge in [0, 0.05) is 6.07 Å². The van der Waals surface area contributed by atoms with Gasteiger partial charge in [-0.25, -0.2) is 9.59 Å². The number of nitro benzene ring substituents is 1. The molecule has 0 spiro atoms. The van der Waals surface area contributed by atoms with E-state index in [-0.39, 0.29) is 11.4 Å². The highest BCUT2D eigenvalue weighted by Gasteiger charge is 2.22. The summed E-state index contributed by atoms with van der Waals surface area (Å²) in [5, 5.41) is 11.0. The van der Waals surface area contributed by atoms with Crippen LogP contribution in [0, 0.1) is 10.1 Å². The Balaban J connectivity index is 3.14. The van der Waals surface area contributed by atoms with Crippen LogP contribution in [0.4, 0.5) is 5.69 Å². The van der Waals surface area contributed by atoms with Crippen molar-refractivity contribution in [3.8, 4) is 5.75 Å². The molecule has 0 amide bonds. The van der Waals surface area contributed by atoms with E-state index in [0.29, 0.717) is 0 Å². The maximum Gasteiger partial charge on any atom is 0.374 e. The molecule has 0 aliphatic carbocycles. The van der Waals surface area contributed by atoms with E-state index in [1.807, 2.05) is 0 Å². The maximum absolute atomic E-state index is 12.1. The Morgan fingerprint density at radius 2 is 1.67 bits per heavy atom. The molecule has 0 bridgehead atoms. The van der Waals surface area contributed by atoms with Crippen LogP contribution < -0.4 is 4.74 Å². The van der Waals surface area contributed by atoms with E-state index in [0.717, 1.165) is 6.08 Å². The van der Waals surface area contributed by atoms with Crippen molar-refractivity contribution in [2.75, 3.05) is 0 Å². The summed E-state index contributed by atoms with van der Waals surface area (Å²) in [6.07, 6.45) is -0.0555. The molecule has 0 saturated heterocycles. The first-order valence-corrected chi connectivity index (χ1v) is 7.25. The molecule has 0 heterocycles. The summed E-state index contributed by atoms with van der Waals surface area (Å²) < 4.78 is 15.2. The van der Waals surface area contributed by atoms with Gasteiger partial charge in [-0.3, -0.25) is 10.1 Å². The fourth-order valence-electron chi connectivity index (χ4n) is 1.59. The van der Waals surface area contributed by atoms with Crippen molar-refractivity contribution in [1.29, 1.82) is 0 Å². The molecule has 0 aliphatic rings. The lowest BCUT2D eigenvalue weighted by atomic mass is 10.3. The van der Waals surface area contributed by atoms with E-state index in [1.165, 1.54) is 24.3 Å². The van der Waals surface area contributed by atoms with Crippen LogP contribution in [0.25, 0.3) is 0 Å². The number of carbonyl (C=O) groups excluding carboxylic acids is 2. The van der Waals surface area contributed by atoms with Crippen LogP contribution in [0.1, 0.15) is 27.7 Å². The van der Waals surface area contributed by atoms with Gasteiger partial charge >= 0.3 is 17.6 Å². The van der Waals surface area contributed by atoms with E-state index in [2.05, 4.69) is 0 Å². The van der Waals surface area contributed by atoms with Crippen LogP contribution in [-0.2, 0) is 19.1 Å². The van der Waals surface area contributed by atoms with Crippen LogP contribution in [-0.4, -0.2) is 29.1 Å². The number of rotatable bonds is 7. The van der Waals surface area contributed by atoms with Gasteiger partial charge in [0.25, 0.3) is 0 Å². The molecule has 0 atom stereocenters. The highest BCUT2D eigenvalue weighted by atomic mass is 16.6. The fraction of sp³-hybridized carbons (Fsp3) is 0.375. The van der Waals surface area contributed by atoms with Gasteiger partial charge in [0.2, 0.25) is 11.5 Å². The van der Waals surface area contributed by atoms with Gasteiger partial charge in [-0.1, -0.05) is 12.1 Å². The van der Waals surface area contributed by atoms with Gasteiger partial charge in [0.05, 0.1) is 23.2 Å². The van der Waals surface area contributed by atoms with E-state index in [9.17, 15) is 19.7 Å². The summed E-state index contributed by atoms with van der Waals surface area (Å²) in [5.74, 6) is -2.43. The quantitative estimate of drug-likeness (QED) is 0.248. The van der Waals surface area contributed by atoms with Gasteiger partial charge in [0.1, 0.15) is 0 Å². The number of ether oxygens (including phenoxy) is 3. The third-order valence-corrected chi connectivity index (χ3v) is 2.43. The van der Waals surface area contributed by atoms with Crippen LogP contribution in [0.15, 0.2) is 36.1 Å². The maximum atomic E-state index is 12.1. The van der Waals surface area contributed by atoms with E-state index in [4.69, 9.17) is 14.2 Å². The smallest absolute Gasteiger partial charge is 0.374 e. The van der Waals surface area contributed by atoms with Crippen molar-refractivity contribution in [3.63, 3.8) is 0 Å². The number of nitrogens with zero attached hydrogens (tertiary/aromatic N) is 1. The lowest BCUT2D eigenvalue weighted by molar-refractivity contribution is -0.385. The first-order chi connectivity index (χ1) is 11.2.